The predicted octanol–water partition coefficient (Wildman–Crippen LogP) is 5.85. The number of hydrogen-bond acceptors (Lipinski definition) is 5. The average Bonchev–Trinajstić information content (AvgIpc) is 2.80. The highest BCUT2D eigenvalue weighted by atomic mass is 79.9. The Morgan fingerprint density at radius 2 is 1.84 bits per heavy atom. The number of hydrazone groups is 1. The first-order valence-electron chi connectivity index (χ1n) is 9.81. The van der Waals surface area contributed by atoms with E-state index in [-0.39, 0.29) is 5.91 Å². The van der Waals surface area contributed by atoms with Gasteiger partial charge in [-0.15, -0.1) is 0 Å². The molecule has 3 aromatic rings. The second-order valence-corrected chi connectivity index (χ2v) is 7.83. The van der Waals surface area contributed by atoms with E-state index in [0.717, 1.165) is 15.6 Å². The lowest BCUT2D eigenvalue weighted by atomic mass is 10.2. The first kappa shape index (κ1) is 23.6. The van der Waals surface area contributed by atoms with E-state index in [0.29, 0.717) is 41.0 Å². The minimum absolute atomic E-state index is 0.354. The van der Waals surface area contributed by atoms with Gasteiger partial charge in [0, 0.05) is 16.1 Å². The van der Waals surface area contributed by atoms with Gasteiger partial charge in [0.1, 0.15) is 12.4 Å². The van der Waals surface area contributed by atoms with E-state index in [2.05, 4.69) is 26.5 Å². The number of nitrogens with one attached hydrogen (secondary N) is 1. The number of carbonyl (C=O) groups is 1. The molecular formula is C24H22BrClN2O4. The predicted molar refractivity (Wildman–Crippen MR) is 129 cm³/mol. The summed E-state index contributed by atoms with van der Waals surface area (Å²) >= 11 is 9.66. The van der Waals surface area contributed by atoms with Gasteiger partial charge >= 0.3 is 0 Å². The number of halogens is 2. The SMILES string of the molecule is CCOc1ccc(C(=O)N/N=C/c2ccc(OCc3ccccc3Cl)c(Br)c2)cc1OC. The molecule has 0 unspecified atom stereocenters. The molecule has 0 aromatic heterocycles. The molecule has 0 atom stereocenters. The van der Waals surface area contributed by atoms with Crippen LogP contribution in [0.5, 0.6) is 17.2 Å². The van der Waals surface area contributed by atoms with Gasteiger partial charge in [0.15, 0.2) is 11.5 Å². The number of ether oxygens (including phenoxy) is 3. The van der Waals surface area contributed by atoms with Crippen molar-refractivity contribution in [1.82, 2.24) is 5.43 Å². The second kappa shape index (κ2) is 11.5. The van der Waals surface area contributed by atoms with Crippen LogP contribution in [-0.4, -0.2) is 25.8 Å². The Morgan fingerprint density at radius 3 is 2.56 bits per heavy atom. The summed E-state index contributed by atoms with van der Waals surface area (Å²) < 4.78 is 17.3. The molecule has 6 nitrogen and oxygen atoms in total. The number of amides is 1. The molecule has 0 radical (unpaired) electrons. The highest BCUT2D eigenvalue weighted by Gasteiger charge is 2.10. The molecule has 0 aliphatic heterocycles. The Kier molecular flexibility index (Phi) is 8.53. The van der Waals surface area contributed by atoms with Crippen LogP contribution in [-0.2, 0) is 6.61 Å². The van der Waals surface area contributed by atoms with Gasteiger partial charge in [-0.25, -0.2) is 5.43 Å². The van der Waals surface area contributed by atoms with Gasteiger partial charge in [-0.2, -0.15) is 5.10 Å². The van der Waals surface area contributed by atoms with E-state index in [1.54, 1.807) is 24.4 Å². The Labute approximate surface area is 200 Å². The average molecular weight is 518 g/mol. The highest BCUT2D eigenvalue weighted by molar-refractivity contribution is 9.10. The number of methoxy groups -OCH3 is 1. The summed E-state index contributed by atoms with van der Waals surface area (Å²) in [5, 5.41) is 4.69. The Morgan fingerprint density at radius 1 is 1.06 bits per heavy atom. The lowest BCUT2D eigenvalue weighted by molar-refractivity contribution is 0.0954. The lowest BCUT2D eigenvalue weighted by Gasteiger charge is -2.10. The maximum absolute atomic E-state index is 12.4. The van der Waals surface area contributed by atoms with Crippen LogP contribution in [0.3, 0.4) is 0 Å². The van der Waals surface area contributed by atoms with Crippen molar-refractivity contribution >= 4 is 39.7 Å². The van der Waals surface area contributed by atoms with Gasteiger partial charge in [0.2, 0.25) is 0 Å². The van der Waals surface area contributed by atoms with Crippen molar-refractivity contribution in [2.75, 3.05) is 13.7 Å². The molecule has 3 rings (SSSR count). The number of nitrogens with zero attached hydrogens (tertiary/aromatic N) is 1. The third-order valence-electron chi connectivity index (χ3n) is 4.40. The zero-order chi connectivity index (χ0) is 22.9. The van der Waals surface area contributed by atoms with Crippen LogP contribution >= 0.6 is 27.5 Å². The number of hydrogen-bond donors (Lipinski definition) is 1. The van der Waals surface area contributed by atoms with Gasteiger partial charge < -0.3 is 14.2 Å². The molecule has 0 aliphatic carbocycles. The van der Waals surface area contributed by atoms with Gasteiger partial charge in [-0.1, -0.05) is 29.8 Å². The van der Waals surface area contributed by atoms with Crippen LogP contribution in [0.4, 0.5) is 0 Å². The minimum Gasteiger partial charge on any atom is -0.493 e. The normalized spacial score (nSPS) is 10.8. The highest BCUT2D eigenvalue weighted by Crippen LogP contribution is 2.28. The van der Waals surface area contributed by atoms with E-state index in [4.69, 9.17) is 25.8 Å². The van der Waals surface area contributed by atoms with Gasteiger partial charge in [-0.3, -0.25) is 4.79 Å². The largest absolute Gasteiger partial charge is 0.493 e. The second-order valence-electron chi connectivity index (χ2n) is 6.57. The topological polar surface area (TPSA) is 69.2 Å². The number of benzene rings is 3. The van der Waals surface area contributed by atoms with Crippen molar-refractivity contribution in [3.05, 3.63) is 86.8 Å². The summed E-state index contributed by atoms with van der Waals surface area (Å²) in [6.07, 6.45) is 1.55. The maximum atomic E-state index is 12.4. The smallest absolute Gasteiger partial charge is 0.271 e. The van der Waals surface area contributed by atoms with E-state index < -0.39 is 0 Å². The van der Waals surface area contributed by atoms with E-state index >= 15 is 0 Å². The van der Waals surface area contributed by atoms with Gasteiger partial charge in [-0.05, 0) is 70.9 Å². The molecule has 1 N–H and O–H groups in total. The van der Waals surface area contributed by atoms with E-state index in [9.17, 15) is 4.79 Å². The van der Waals surface area contributed by atoms with Crippen LogP contribution in [0, 0.1) is 0 Å². The molecule has 0 spiro atoms. The number of carbonyl (C=O) groups excluding carboxylic acids is 1. The molecule has 32 heavy (non-hydrogen) atoms. The van der Waals surface area contributed by atoms with Crippen molar-refractivity contribution < 1.29 is 19.0 Å². The lowest BCUT2D eigenvalue weighted by Crippen LogP contribution is -2.17. The van der Waals surface area contributed by atoms with Crippen molar-refractivity contribution in [3.8, 4) is 17.2 Å². The molecule has 0 saturated carbocycles. The van der Waals surface area contributed by atoms with Crippen LogP contribution in [0.15, 0.2) is 70.2 Å². The zero-order valence-corrected chi connectivity index (χ0v) is 19.9. The summed E-state index contributed by atoms with van der Waals surface area (Å²) in [6.45, 7) is 2.74. The summed E-state index contributed by atoms with van der Waals surface area (Å²) in [5.74, 6) is 1.38. The summed E-state index contributed by atoms with van der Waals surface area (Å²) in [6, 6.07) is 18.0. The first-order chi connectivity index (χ1) is 15.5. The third kappa shape index (κ3) is 6.24. The molecule has 0 fully saturated rings. The maximum Gasteiger partial charge on any atom is 0.271 e. The molecule has 0 saturated heterocycles. The zero-order valence-electron chi connectivity index (χ0n) is 17.6. The summed E-state index contributed by atoms with van der Waals surface area (Å²) in [5.41, 5.74) is 4.61. The molecule has 0 aliphatic rings. The molecule has 166 valence electrons. The quantitative estimate of drug-likeness (QED) is 0.285. The standard InChI is InChI=1S/C24H22BrClN2O4/c1-3-31-22-11-9-17(13-23(22)30-2)24(29)28-27-14-16-8-10-21(19(25)12-16)32-15-18-6-4-5-7-20(18)26/h4-14H,3,15H2,1-2H3,(H,28,29)/b27-14+. The van der Waals surface area contributed by atoms with Gasteiger partial charge in [0.25, 0.3) is 5.91 Å². The van der Waals surface area contributed by atoms with Crippen LogP contribution < -0.4 is 19.6 Å². The fraction of sp³-hybridized carbons (Fsp3) is 0.167. The summed E-state index contributed by atoms with van der Waals surface area (Å²) in [4.78, 5) is 12.4. The first-order valence-corrected chi connectivity index (χ1v) is 11.0. The fourth-order valence-electron chi connectivity index (χ4n) is 2.80. The molecule has 0 heterocycles. The minimum atomic E-state index is -0.360. The van der Waals surface area contributed by atoms with E-state index in [1.165, 1.54) is 7.11 Å². The molecule has 0 bridgehead atoms. The monoisotopic (exact) mass is 516 g/mol. The van der Waals surface area contributed by atoms with E-state index in [1.807, 2.05) is 49.4 Å². The number of rotatable bonds is 9. The molecular weight excluding hydrogens is 496 g/mol. The van der Waals surface area contributed by atoms with Crippen LogP contribution in [0.1, 0.15) is 28.4 Å². The Balaban J connectivity index is 1.60. The van der Waals surface area contributed by atoms with Crippen LogP contribution in [0.25, 0.3) is 0 Å². The molecule has 8 heteroatoms. The Bertz CT molecular complexity index is 1120. The molecule has 1 amide bonds. The molecule has 3 aromatic carbocycles. The Hall–Kier alpha value is -3.03. The van der Waals surface area contributed by atoms with Gasteiger partial charge in [0.05, 0.1) is 24.4 Å². The van der Waals surface area contributed by atoms with Crippen molar-refractivity contribution in [1.29, 1.82) is 0 Å². The van der Waals surface area contributed by atoms with Crippen molar-refractivity contribution in [2.45, 2.75) is 13.5 Å². The van der Waals surface area contributed by atoms with Crippen LogP contribution in [0.2, 0.25) is 5.02 Å². The fourth-order valence-corrected chi connectivity index (χ4v) is 3.50. The summed E-state index contributed by atoms with van der Waals surface area (Å²) in [7, 11) is 1.53. The third-order valence-corrected chi connectivity index (χ3v) is 5.39. The van der Waals surface area contributed by atoms with Crippen molar-refractivity contribution in [2.24, 2.45) is 5.10 Å². The van der Waals surface area contributed by atoms with Crippen molar-refractivity contribution in [3.63, 3.8) is 0 Å².